The van der Waals surface area contributed by atoms with Crippen molar-refractivity contribution >= 4 is 10.9 Å². The van der Waals surface area contributed by atoms with Crippen LogP contribution in [-0.4, -0.2) is 4.98 Å². The first-order chi connectivity index (χ1) is 10.3. The molecule has 0 aliphatic rings. The second-order valence-electron chi connectivity index (χ2n) is 5.13. The third kappa shape index (κ3) is 2.71. The Kier molecular flexibility index (Phi) is 3.80. The van der Waals surface area contributed by atoms with E-state index in [2.05, 4.69) is 35.8 Å². The highest BCUT2D eigenvalue weighted by Gasteiger charge is 2.11. The van der Waals surface area contributed by atoms with Gasteiger partial charge in [-0.15, -0.1) is 6.58 Å². The van der Waals surface area contributed by atoms with Crippen LogP contribution in [0.25, 0.3) is 22.0 Å². The maximum absolute atomic E-state index is 6.26. The Morgan fingerprint density at radius 1 is 1.10 bits per heavy atom. The van der Waals surface area contributed by atoms with Crippen LogP contribution < -0.4 is 5.73 Å². The van der Waals surface area contributed by atoms with Gasteiger partial charge in [0.05, 0.1) is 5.52 Å². The van der Waals surface area contributed by atoms with Crippen molar-refractivity contribution < 1.29 is 0 Å². The summed E-state index contributed by atoms with van der Waals surface area (Å²) in [5, 5.41) is 1.14. The lowest BCUT2D eigenvalue weighted by Crippen LogP contribution is -2.10. The maximum Gasteiger partial charge on any atom is 0.0702 e. The molecule has 2 N–H and O–H groups in total. The molecule has 1 atom stereocenters. The fourth-order valence-corrected chi connectivity index (χ4v) is 2.61. The van der Waals surface area contributed by atoms with Crippen LogP contribution in [0.15, 0.2) is 73.4 Å². The number of hydrogen-bond donors (Lipinski definition) is 1. The van der Waals surface area contributed by atoms with Crippen LogP contribution in [0, 0.1) is 0 Å². The van der Waals surface area contributed by atoms with Gasteiger partial charge < -0.3 is 5.73 Å². The zero-order chi connectivity index (χ0) is 14.7. The molecule has 104 valence electrons. The van der Waals surface area contributed by atoms with Crippen LogP contribution in [0.4, 0.5) is 0 Å². The molecule has 3 aromatic rings. The second-order valence-corrected chi connectivity index (χ2v) is 5.13. The molecule has 0 saturated heterocycles. The van der Waals surface area contributed by atoms with Crippen LogP contribution in [0.3, 0.4) is 0 Å². The van der Waals surface area contributed by atoms with Crippen molar-refractivity contribution in [2.24, 2.45) is 5.73 Å². The number of nitrogens with two attached hydrogens (primary N) is 1. The molecule has 0 saturated carbocycles. The molecule has 21 heavy (non-hydrogen) atoms. The summed E-state index contributed by atoms with van der Waals surface area (Å²) in [5.41, 5.74) is 10.7. The predicted molar refractivity (Wildman–Crippen MR) is 88.9 cm³/mol. The summed E-state index contributed by atoms with van der Waals surface area (Å²) in [4.78, 5) is 4.54. The molecule has 1 unspecified atom stereocenters. The molecule has 0 spiro atoms. The number of hydrogen-bond acceptors (Lipinski definition) is 2. The molecule has 0 fully saturated rings. The average molecular weight is 274 g/mol. The van der Waals surface area contributed by atoms with E-state index in [1.54, 1.807) is 0 Å². The highest BCUT2D eigenvalue weighted by molar-refractivity contribution is 5.84. The highest BCUT2D eigenvalue weighted by Crippen LogP contribution is 2.30. The molecule has 0 aliphatic heterocycles. The van der Waals surface area contributed by atoms with Crippen molar-refractivity contribution in [3.63, 3.8) is 0 Å². The molecular formula is C19H18N2. The van der Waals surface area contributed by atoms with Crippen molar-refractivity contribution in [1.29, 1.82) is 0 Å². The third-order valence-corrected chi connectivity index (χ3v) is 3.68. The second kappa shape index (κ2) is 5.90. The summed E-state index contributed by atoms with van der Waals surface area (Å²) in [6.45, 7) is 3.78. The smallest absolute Gasteiger partial charge is 0.0702 e. The van der Waals surface area contributed by atoms with E-state index in [-0.39, 0.29) is 6.04 Å². The molecule has 1 heterocycles. The van der Waals surface area contributed by atoms with Crippen LogP contribution >= 0.6 is 0 Å². The molecule has 3 rings (SSSR count). The van der Waals surface area contributed by atoms with Crippen molar-refractivity contribution in [3.05, 3.63) is 79.0 Å². The molecule has 1 aromatic heterocycles. The van der Waals surface area contributed by atoms with Gasteiger partial charge in [-0.3, -0.25) is 4.98 Å². The Bertz CT molecular complexity index is 777. The normalized spacial score (nSPS) is 12.2. The Morgan fingerprint density at radius 2 is 1.86 bits per heavy atom. The minimum absolute atomic E-state index is 0.0369. The van der Waals surface area contributed by atoms with Gasteiger partial charge in [0.1, 0.15) is 0 Å². The number of aromatic nitrogens is 1. The maximum atomic E-state index is 6.26. The summed E-state index contributed by atoms with van der Waals surface area (Å²) < 4.78 is 0. The van der Waals surface area contributed by atoms with Crippen LogP contribution in [0.5, 0.6) is 0 Å². The number of fused-ring (bicyclic) bond motifs is 1. The van der Waals surface area contributed by atoms with Gasteiger partial charge in [0.2, 0.25) is 0 Å². The molecular weight excluding hydrogens is 256 g/mol. The van der Waals surface area contributed by atoms with Crippen molar-refractivity contribution in [2.45, 2.75) is 12.5 Å². The predicted octanol–water partition coefficient (Wildman–Crippen LogP) is 4.48. The topological polar surface area (TPSA) is 38.9 Å². The lowest BCUT2D eigenvalue weighted by molar-refractivity contribution is 0.743. The Morgan fingerprint density at radius 3 is 2.71 bits per heavy atom. The van der Waals surface area contributed by atoms with Crippen molar-refractivity contribution in [1.82, 2.24) is 4.98 Å². The molecule has 0 radical (unpaired) electrons. The van der Waals surface area contributed by atoms with Gasteiger partial charge in [0.15, 0.2) is 0 Å². The summed E-state index contributed by atoms with van der Waals surface area (Å²) in [7, 11) is 0. The number of nitrogens with zero attached hydrogens (tertiary/aromatic N) is 1. The number of rotatable bonds is 4. The fraction of sp³-hybridized carbons (Fsp3) is 0.105. The Labute approximate surface area is 124 Å². The van der Waals surface area contributed by atoms with E-state index in [0.717, 1.165) is 34.0 Å². The standard InChI is InChI=1S/C19H18N2/c1-2-7-18(20)17-10-5-4-9-16(17)15-12-14-8-3-6-11-19(14)21-13-15/h2-6,8-13,18H,1,7,20H2. The molecule has 0 bridgehead atoms. The molecule has 0 amide bonds. The van der Waals surface area contributed by atoms with Crippen molar-refractivity contribution in [3.8, 4) is 11.1 Å². The van der Waals surface area contributed by atoms with Gasteiger partial charge in [-0.05, 0) is 29.7 Å². The van der Waals surface area contributed by atoms with Gasteiger partial charge in [-0.2, -0.15) is 0 Å². The van der Waals surface area contributed by atoms with E-state index in [0.29, 0.717) is 0 Å². The monoisotopic (exact) mass is 274 g/mol. The first-order valence-corrected chi connectivity index (χ1v) is 7.10. The first-order valence-electron chi connectivity index (χ1n) is 7.10. The summed E-state index contributed by atoms with van der Waals surface area (Å²) in [6, 6.07) is 18.5. The number of para-hydroxylation sites is 1. The van der Waals surface area contributed by atoms with Crippen LogP contribution in [-0.2, 0) is 0 Å². The third-order valence-electron chi connectivity index (χ3n) is 3.68. The highest BCUT2D eigenvalue weighted by atomic mass is 14.7. The summed E-state index contributed by atoms with van der Waals surface area (Å²) >= 11 is 0. The van der Waals surface area contributed by atoms with E-state index < -0.39 is 0 Å². The van der Waals surface area contributed by atoms with Gasteiger partial charge in [0.25, 0.3) is 0 Å². The minimum atomic E-state index is -0.0369. The lowest BCUT2D eigenvalue weighted by Gasteiger charge is -2.15. The van der Waals surface area contributed by atoms with Crippen LogP contribution in [0.1, 0.15) is 18.0 Å². The minimum Gasteiger partial charge on any atom is -0.324 e. The summed E-state index contributed by atoms with van der Waals surface area (Å²) in [6.07, 6.45) is 4.54. The largest absolute Gasteiger partial charge is 0.324 e. The van der Waals surface area contributed by atoms with Gasteiger partial charge >= 0.3 is 0 Å². The van der Waals surface area contributed by atoms with E-state index in [9.17, 15) is 0 Å². The number of benzene rings is 2. The van der Waals surface area contributed by atoms with Gasteiger partial charge in [0, 0.05) is 23.2 Å². The van der Waals surface area contributed by atoms with Crippen LogP contribution in [0.2, 0.25) is 0 Å². The lowest BCUT2D eigenvalue weighted by atomic mass is 9.94. The van der Waals surface area contributed by atoms with E-state index in [1.807, 2.05) is 42.6 Å². The zero-order valence-electron chi connectivity index (χ0n) is 11.9. The van der Waals surface area contributed by atoms with E-state index >= 15 is 0 Å². The summed E-state index contributed by atoms with van der Waals surface area (Å²) in [5.74, 6) is 0. The van der Waals surface area contributed by atoms with E-state index in [4.69, 9.17) is 5.73 Å². The number of pyridine rings is 1. The average Bonchev–Trinajstić information content (AvgIpc) is 2.54. The van der Waals surface area contributed by atoms with Gasteiger partial charge in [-0.1, -0.05) is 48.5 Å². The van der Waals surface area contributed by atoms with Gasteiger partial charge in [-0.25, -0.2) is 0 Å². The fourth-order valence-electron chi connectivity index (χ4n) is 2.61. The Balaban J connectivity index is 2.11. The molecule has 2 nitrogen and oxygen atoms in total. The molecule has 2 heteroatoms. The van der Waals surface area contributed by atoms with E-state index in [1.165, 1.54) is 0 Å². The SMILES string of the molecule is C=CCC(N)c1ccccc1-c1cnc2ccccc2c1. The first kappa shape index (κ1) is 13.5. The zero-order valence-corrected chi connectivity index (χ0v) is 11.9. The quantitative estimate of drug-likeness (QED) is 0.712. The molecule has 2 aromatic carbocycles. The Hall–Kier alpha value is -2.45. The molecule has 0 aliphatic carbocycles. The van der Waals surface area contributed by atoms with Crippen molar-refractivity contribution in [2.75, 3.05) is 0 Å².